The molecule has 0 aliphatic heterocycles. The Kier molecular flexibility index (Phi) is 6.00. The van der Waals surface area contributed by atoms with E-state index in [1.165, 1.54) is 11.3 Å². The zero-order chi connectivity index (χ0) is 21.8. The van der Waals surface area contributed by atoms with Crippen molar-refractivity contribution in [1.82, 2.24) is 4.68 Å². The van der Waals surface area contributed by atoms with Crippen LogP contribution < -0.4 is 9.54 Å². The van der Waals surface area contributed by atoms with E-state index in [1.54, 1.807) is 17.9 Å². The average molecular weight is 430 g/mol. The van der Waals surface area contributed by atoms with Crippen LogP contribution in [0, 0.1) is 0 Å². The van der Waals surface area contributed by atoms with Crippen LogP contribution in [0.5, 0.6) is 11.5 Å². The van der Waals surface area contributed by atoms with Gasteiger partial charge in [-0.3, -0.25) is 4.99 Å². The summed E-state index contributed by atoms with van der Waals surface area (Å²) in [5.74, 6) is 0.976. The minimum absolute atomic E-state index is 0.221. The van der Waals surface area contributed by atoms with Gasteiger partial charge in [0.05, 0.1) is 25.1 Å². The number of hydrogen-bond donors (Lipinski definition) is 1. The number of ether oxygens (including phenoxy) is 1. The molecule has 4 aromatic rings. The van der Waals surface area contributed by atoms with Crippen LogP contribution in [-0.2, 0) is 0 Å². The number of para-hydroxylation sites is 1. The number of methoxy groups -OCH3 is 1. The fourth-order valence-corrected chi connectivity index (χ4v) is 4.27. The Morgan fingerprint density at radius 1 is 1.13 bits per heavy atom. The smallest absolute Gasteiger partial charge is 0.206 e. The third-order valence-electron chi connectivity index (χ3n) is 4.96. The van der Waals surface area contributed by atoms with Crippen LogP contribution in [0.1, 0.15) is 12.5 Å². The number of nitrogens with zero attached hydrogens (tertiary/aromatic N) is 3. The lowest BCUT2D eigenvalue weighted by atomic mass is 10.0. The van der Waals surface area contributed by atoms with Crippen molar-refractivity contribution in [2.24, 2.45) is 10.1 Å². The number of fused-ring (bicyclic) bond motifs is 1. The molecular formula is C25H23N3O2S. The number of aromatic hydroxyl groups is 1. The van der Waals surface area contributed by atoms with Crippen molar-refractivity contribution >= 4 is 27.8 Å². The average Bonchev–Trinajstić information content (AvgIpc) is 3.19. The normalized spacial score (nSPS) is 12.3. The van der Waals surface area contributed by atoms with Crippen molar-refractivity contribution in [2.75, 3.05) is 13.7 Å². The molecule has 0 saturated carbocycles. The highest BCUT2D eigenvalue weighted by Crippen LogP contribution is 2.31. The van der Waals surface area contributed by atoms with Crippen molar-refractivity contribution < 1.29 is 9.84 Å². The zero-order valence-electron chi connectivity index (χ0n) is 17.4. The molecule has 0 bridgehead atoms. The first-order chi connectivity index (χ1) is 15.1. The Hall–Kier alpha value is -3.64. The molecule has 6 heteroatoms. The highest BCUT2D eigenvalue weighted by Gasteiger charge is 2.14. The quantitative estimate of drug-likeness (QED) is 0.328. The first-order valence-electron chi connectivity index (χ1n) is 9.86. The Labute approximate surface area is 184 Å². The summed E-state index contributed by atoms with van der Waals surface area (Å²) >= 11 is 1.50. The molecule has 0 amide bonds. The Morgan fingerprint density at radius 2 is 1.90 bits per heavy atom. The SMILES string of the molecule is C=CCN=c1scc(-c2ccccc2OC)n1N=C(C)c1ccc2ccccc2c1O. The maximum Gasteiger partial charge on any atom is 0.206 e. The van der Waals surface area contributed by atoms with Gasteiger partial charge in [0.2, 0.25) is 4.80 Å². The van der Waals surface area contributed by atoms with E-state index in [-0.39, 0.29) is 5.75 Å². The third-order valence-corrected chi connectivity index (χ3v) is 5.82. The van der Waals surface area contributed by atoms with Crippen LogP contribution in [-0.4, -0.2) is 29.1 Å². The van der Waals surface area contributed by atoms with Gasteiger partial charge in [-0.1, -0.05) is 48.5 Å². The minimum atomic E-state index is 0.221. The summed E-state index contributed by atoms with van der Waals surface area (Å²) in [5.41, 5.74) is 3.14. The van der Waals surface area contributed by atoms with Gasteiger partial charge in [-0.2, -0.15) is 5.10 Å². The number of thiazole rings is 1. The summed E-state index contributed by atoms with van der Waals surface area (Å²) in [5, 5.41) is 19.5. The topological polar surface area (TPSA) is 59.1 Å². The van der Waals surface area contributed by atoms with E-state index in [1.807, 2.05) is 73.0 Å². The highest BCUT2D eigenvalue weighted by molar-refractivity contribution is 7.07. The second-order valence-corrected chi connectivity index (χ2v) is 7.75. The fourth-order valence-electron chi connectivity index (χ4n) is 3.44. The van der Waals surface area contributed by atoms with Gasteiger partial charge in [0.25, 0.3) is 0 Å². The minimum Gasteiger partial charge on any atom is -0.507 e. The molecule has 0 saturated heterocycles. The van der Waals surface area contributed by atoms with Crippen LogP contribution in [0.4, 0.5) is 0 Å². The Bertz CT molecular complexity index is 1350. The predicted octanol–water partition coefficient (Wildman–Crippen LogP) is 5.44. The summed E-state index contributed by atoms with van der Waals surface area (Å²) < 4.78 is 7.36. The van der Waals surface area contributed by atoms with Gasteiger partial charge in [-0.15, -0.1) is 17.9 Å². The zero-order valence-corrected chi connectivity index (χ0v) is 18.3. The number of aromatic nitrogens is 1. The second kappa shape index (κ2) is 9.02. The molecule has 156 valence electrons. The number of rotatable bonds is 6. The van der Waals surface area contributed by atoms with Gasteiger partial charge in [0, 0.05) is 21.9 Å². The van der Waals surface area contributed by atoms with Gasteiger partial charge >= 0.3 is 0 Å². The van der Waals surface area contributed by atoms with Crippen molar-refractivity contribution in [1.29, 1.82) is 0 Å². The van der Waals surface area contributed by atoms with Crippen LogP contribution in [0.15, 0.2) is 88.8 Å². The maximum absolute atomic E-state index is 10.9. The fraction of sp³-hybridized carbons (Fsp3) is 0.120. The predicted molar refractivity (Wildman–Crippen MR) is 128 cm³/mol. The second-order valence-electron chi connectivity index (χ2n) is 6.91. The van der Waals surface area contributed by atoms with Crippen molar-refractivity contribution in [3.05, 3.63) is 89.1 Å². The first-order valence-corrected chi connectivity index (χ1v) is 10.7. The largest absolute Gasteiger partial charge is 0.507 e. The van der Waals surface area contributed by atoms with Crippen LogP contribution in [0.3, 0.4) is 0 Å². The standard InChI is InChI=1S/C25H23N3O2S/c1-4-15-26-25-28(22(16-31-25)21-11-7-8-12-23(21)30-3)27-17(2)19-14-13-18-9-5-6-10-20(18)24(19)29/h4-14,16,29H,1,15H2,2-3H3. The molecule has 4 rings (SSSR count). The summed E-state index contributed by atoms with van der Waals surface area (Å²) in [6, 6.07) is 19.5. The molecular weight excluding hydrogens is 406 g/mol. The summed E-state index contributed by atoms with van der Waals surface area (Å²) in [7, 11) is 1.65. The molecule has 0 unspecified atom stereocenters. The lowest BCUT2D eigenvalue weighted by Crippen LogP contribution is -2.14. The van der Waals surface area contributed by atoms with Gasteiger partial charge in [0.15, 0.2) is 0 Å². The molecule has 5 nitrogen and oxygen atoms in total. The van der Waals surface area contributed by atoms with E-state index in [0.717, 1.165) is 32.6 Å². The van der Waals surface area contributed by atoms with E-state index in [0.29, 0.717) is 17.8 Å². The Balaban J connectivity index is 1.91. The van der Waals surface area contributed by atoms with E-state index in [9.17, 15) is 5.11 Å². The number of hydrogen-bond acceptors (Lipinski definition) is 5. The van der Waals surface area contributed by atoms with Crippen molar-refractivity contribution in [3.63, 3.8) is 0 Å². The molecule has 0 radical (unpaired) electrons. The molecule has 0 aliphatic rings. The van der Waals surface area contributed by atoms with Crippen molar-refractivity contribution in [2.45, 2.75) is 6.92 Å². The molecule has 1 aromatic heterocycles. The molecule has 0 atom stereocenters. The summed E-state index contributed by atoms with van der Waals surface area (Å²) in [4.78, 5) is 5.33. The first kappa shape index (κ1) is 20.6. The molecule has 3 aromatic carbocycles. The van der Waals surface area contributed by atoms with Crippen LogP contribution in [0.25, 0.3) is 22.0 Å². The van der Waals surface area contributed by atoms with Crippen LogP contribution >= 0.6 is 11.3 Å². The van der Waals surface area contributed by atoms with Gasteiger partial charge in [-0.25, -0.2) is 4.68 Å². The third kappa shape index (κ3) is 4.02. The number of phenolic OH excluding ortho intramolecular Hbond substituents is 1. The van der Waals surface area contributed by atoms with Crippen molar-refractivity contribution in [3.8, 4) is 22.8 Å². The molecule has 31 heavy (non-hydrogen) atoms. The monoisotopic (exact) mass is 429 g/mol. The number of phenols is 1. The van der Waals surface area contributed by atoms with E-state index in [2.05, 4.69) is 11.6 Å². The van der Waals surface area contributed by atoms with E-state index >= 15 is 0 Å². The maximum atomic E-state index is 10.9. The molecule has 0 fully saturated rings. The molecule has 0 spiro atoms. The molecule has 0 aliphatic carbocycles. The highest BCUT2D eigenvalue weighted by atomic mass is 32.1. The van der Waals surface area contributed by atoms with E-state index < -0.39 is 0 Å². The Morgan fingerprint density at radius 3 is 2.71 bits per heavy atom. The summed E-state index contributed by atoms with van der Waals surface area (Å²) in [6.45, 7) is 6.13. The molecule has 1 heterocycles. The van der Waals surface area contributed by atoms with Crippen LogP contribution in [0.2, 0.25) is 0 Å². The molecule has 1 N–H and O–H groups in total. The van der Waals surface area contributed by atoms with E-state index in [4.69, 9.17) is 9.84 Å². The van der Waals surface area contributed by atoms with Gasteiger partial charge in [-0.05, 0) is 30.5 Å². The lowest BCUT2D eigenvalue weighted by molar-refractivity contribution is 0.416. The van der Waals surface area contributed by atoms with Gasteiger partial charge < -0.3 is 9.84 Å². The number of benzene rings is 3. The lowest BCUT2D eigenvalue weighted by Gasteiger charge is -2.11. The summed E-state index contributed by atoms with van der Waals surface area (Å²) in [6.07, 6.45) is 1.75. The van der Waals surface area contributed by atoms with Gasteiger partial charge in [0.1, 0.15) is 11.5 Å².